The van der Waals surface area contributed by atoms with Crippen molar-refractivity contribution in [2.45, 2.75) is 63.5 Å². The fourth-order valence-electron chi connectivity index (χ4n) is 4.30. The van der Waals surface area contributed by atoms with E-state index in [4.69, 9.17) is 4.43 Å². The molecule has 0 aromatic heterocycles. The van der Waals surface area contributed by atoms with Crippen LogP contribution in [0.3, 0.4) is 0 Å². The molecule has 2 saturated heterocycles. The van der Waals surface area contributed by atoms with Gasteiger partial charge < -0.3 is 13.9 Å². The Labute approximate surface area is 175 Å². The predicted octanol–water partition coefficient (Wildman–Crippen LogP) is 2.57. The third-order valence-corrected chi connectivity index (χ3v) is 8.76. The van der Waals surface area contributed by atoms with Gasteiger partial charge >= 0.3 is 5.97 Å². The molecule has 6 nitrogen and oxygen atoms in total. The van der Waals surface area contributed by atoms with Crippen LogP contribution >= 0.6 is 11.8 Å². The highest BCUT2D eigenvalue weighted by atomic mass is 32.2. The van der Waals surface area contributed by atoms with Gasteiger partial charge in [0.2, 0.25) is 14.2 Å². The van der Waals surface area contributed by atoms with Crippen LogP contribution in [0.25, 0.3) is 0 Å². The smallest absolute Gasteiger partial charge is 0.341 e. The number of thioether (sulfide) groups is 1. The maximum absolute atomic E-state index is 13.2. The normalized spacial score (nSPS) is 27.5. The van der Waals surface area contributed by atoms with Gasteiger partial charge in [0, 0.05) is 24.2 Å². The first kappa shape index (κ1) is 22.1. The van der Waals surface area contributed by atoms with Gasteiger partial charge in [-0.2, -0.15) is 0 Å². The van der Waals surface area contributed by atoms with Gasteiger partial charge in [-0.15, -0.1) is 11.8 Å². The first-order valence-corrected chi connectivity index (χ1v) is 18.3. The highest BCUT2D eigenvalue weighted by Crippen LogP contribution is 2.42. The topological polar surface area (TPSA) is 58.6 Å². The Hall–Kier alpha value is -0.616. The van der Waals surface area contributed by atoms with Crippen molar-refractivity contribution in [3.63, 3.8) is 0 Å². The Kier molecular flexibility index (Phi) is 5.97. The zero-order chi connectivity index (χ0) is 20.9. The molecule has 28 heavy (non-hydrogen) atoms. The summed E-state index contributed by atoms with van der Waals surface area (Å²) in [6.45, 7) is 15.8. The lowest BCUT2D eigenvalue weighted by Gasteiger charge is -2.52. The van der Waals surface area contributed by atoms with Gasteiger partial charge in [-0.25, -0.2) is 4.79 Å². The third-order valence-electron chi connectivity index (χ3n) is 5.45. The summed E-state index contributed by atoms with van der Waals surface area (Å²) >= 11 is 1.80. The largest absolute Gasteiger partial charge is 0.515 e. The van der Waals surface area contributed by atoms with Crippen molar-refractivity contribution in [3.05, 3.63) is 11.3 Å². The molecule has 158 valence electrons. The van der Waals surface area contributed by atoms with Gasteiger partial charge in [-0.05, 0) is 19.6 Å². The van der Waals surface area contributed by atoms with Gasteiger partial charge in [0.15, 0.2) is 0 Å². The molecule has 2 atom stereocenters. The summed E-state index contributed by atoms with van der Waals surface area (Å²) in [7, 11) is -1.37. The second-order valence-electron chi connectivity index (χ2n) is 10.7. The molecule has 0 radical (unpaired) electrons. The van der Waals surface area contributed by atoms with E-state index < -0.39 is 16.6 Å². The summed E-state index contributed by atoms with van der Waals surface area (Å²) in [6, 6.07) is -0.176. The van der Waals surface area contributed by atoms with Gasteiger partial charge in [0.1, 0.15) is 31.9 Å². The van der Waals surface area contributed by atoms with Crippen molar-refractivity contribution >= 4 is 40.2 Å². The quantitative estimate of drug-likeness (QED) is 0.389. The molecule has 3 aliphatic heterocycles. The Morgan fingerprint density at radius 3 is 2.36 bits per heavy atom. The molecule has 3 heterocycles. The molecule has 0 aromatic carbocycles. The molecule has 2 fully saturated rings. The number of likely N-dealkylation sites (N-methyl/N-ethyl adjacent to an activating group) is 1. The molecular weight excluding hydrogens is 406 g/mol. The van der Waals surface area contributed by atoms with Crippen molar-refractivity contribution in [1.29, 1.82) is 0 Å². The van der Waals surface area contributed by atoms with Crippen LogP contribution in [0.15, 0.2) is 11.3 Å². The van der Waals surface area contributed by atoms with Crippen LogP contribution in [0.4, 0.5) is 0 Å². The Balaban J connectivity index is 1.90. The molecule has 0 spiro atoms. The number of nitrogens with one attached hydrogen (secondary N) is 1. The maximum atomic E-state index is 13.2. The molecule has 0 unspecified atom stereocenters. The van der Waals surface area contributed by atoms with Crippen molar-refractivity contribution in [2.24, 2.45) is 0 Å². The summed E-state index contributed by atoms with van der Waals surface area (Å²) in [6.07, 6.45) is 2.47. The van der Waals surface area contributed by atoms with E-state index in [0.717, 1.165) is 35.4 Å². The Morgan fingerprint density at radius 1 is 1.21 bits per heavy atom. The number of amides is 1. The summed E-state index contributed by atoms with van der Waals surface area (Å²) in [5.74, 6) is 0.552. The molecule has 0 bridgehead atoms. The van der Waals surface area contributed by atoms with E-state index in [9.17, 15) is 9.59 Å². The zero-order valence-electron chi connectivity index (χ0n) is 18.4. The summed E-state index contributed by atoms with van der Waals surface area (Å²) in [5, 5.41) is 0.0102. The number of carbonyl (C=O) groups excluding carboxylic acids is 2. The highest BCUT2D eigenvalue weighted by Gasteiger charge is 2.55. The van der Waals surface area contributed by atoms with E-state index in [1.807, 2.05) is 19.6 Å². The zero-order valence-corrected chi connectivity index (χ0v) is 21.2. The van der Waals surface area contributed by atoms with E-state index in [1.54, 1.807) is 16.7 Å². The van der Waals surface area contributed by atoms with Crippen LogP contribution in [-0.4, -0.2) is 81.7 Å². The fourth-order valence-corrected chi connectivity index (χ4v) is 7.63. The fraction of sp³-hybridized carbons (Fsp3) is 0.789. The van der Waals surface area contributed by atoms with E-state index >= 15 is 0 Å². The van der Waals surface area contributed by atoms with Crippen LogP contribution < -0.4 is 4.98 Å². The van der Waals surface area contributed by atoms with Gasteiger partial charge in [0.25, 0.3) is 0 Å². The monoisotopic (exact) mass is 442 g/mol. The number of nitrogens with zero attached hydrogens (tertiary/aromatic N) is 2. The molecule has 9 heteroatoms. The van der Waals surface area contributed by atoms with Gasteiger partial charge in [-0.3, -0.25) is 9.69 Å². The second kappa shape index (κ2) is 7.57. The van der Waals surface area contributed by atoms with Crippen molar-refractivity contribution in [2.75, 3.05) is 32.4 Å². The van der Waals surface area contributed by atoms with Gasteiger partial charge in [-0.1, -0.05) is 19.6 Å². The average molecular weight is 443 g/mol. The number of quaternary nitrogens is 1. The van der Waals surface area contributed by atoms with Crippen LogP contribution in [0.2, 0.25) is 39.3 Å². The van der Waals surface area contributed by atoms with E-state index in [0.29, 0.717) is 5.70 Å². The average Bonchev–Trinajstić information content (AvgIpc) is 2.96. The van der Waals surface area contributed by atoms with Crippen LogP contribution in [0.5, 0.6) is 0 Å². The minimum atomic E-state index is -2.04. The van der Waals surface area contributed by atoms with Crippen molar-refractivity contribution in [3.8, 4) is 0 Å². The molecule has 0 aliphatic carbocycles. The summed E-state index contributed by atoms with van der Waals surface area (Å²) in [4.78, 5) is 31.5. The number of hydrogen-bond donors (Lipinski definition) is 1. The standard InChI is InChI=1S/C19H36N3O3SSi2/c1-22(10-8-9-11-22)12-14-13-26-18-15(20-27(2,3)4)17(23)21(18)16(14)19(24)25-28(5,6)7/h15,18,20H,8-13H2,1-7H3/q+1/t15-,18-/m1/s1. The van der Waals surface area contributed by atoms with E-state index in [-0.39, 0.29) is 23.3 Å². The van der Waals surface area contributed by atoms with E-state index in [2.05, 4.69) is 31.7 Å². The Bertz CT molecular complexity index is 694. The second-order valence-corrected chi connectivity index (χ2v) is 21.0. The lowest BCUT2D eigenvalue weighted by atomic mass is 10.0. The van der Waals surface area contributed by atoms with Gasteiger partial charge in [0.05, 0.1) is 20.1 Å². The highest BCUT2D eigenvalue weighted by molar-refractivity contribution is 8.00. The first-order valence-electron chi connectivity index (χ1n) is 10.3. The lowest BCUT2D eigenvalue weighted by molar-refractivity contribution is -0.893. The molecule has 3 aliphatic rings. The number of likely N-dealkylation sites (tertiary alicyclic amines) is 1. The third kappa shape index (κ3) is 4.75. The van der Waals surface area contributed by atoms with Crippen LogP contribution in [0, 0.1) is 0 Å². The summed E-state index contributed by atoms with van der Waals surface area (Å²) in [5.41, 5.74) is 1.64. The minimum absolute atomic E-state index is 0.0102. The number of fused-ring (bicyclic) bond motifs is 1. The van der Waals surface area contributed by atoms with Crippen molar-refractivity contribution < 1.29 is 18.5 Å². The molecule has 0 aromatic rings. The summed E-state index contributed by atoms with van der Waals surface area (Å²) < 4.78 is 6.82. The number of β-lactam (4-membered cyclic amide) rings is 1. The molecule has 1 N–H and O–H groups in total. The number of hydrogen-bond acceptors (Lipinski definition) is 5. The van der Waals surface area contributed by atoms with E-state index in [1.165, 1.54) is 12.8 Å². The van der Waals surface area contributed by atoms with Crippen molar-refractivity contribution in [1.82, 2.24) is 9.88 Å². The van der Waals surface area contributed by atoms with Crippen LogP contribution in [0.1, 0.15) is 12.8 Å². The molecule has 0 saturated carbocycles. The lowest BCUT2D eigenvalue weighted by Crippen LogP contribution is -2.73. The maximum Gasteiger partial charge on any atom is 0.341 e. The SMILES string of the molecule is C[N+]1(CC2=C(C(=O)O[Si](C)(C)C)N3C(=O)[C@@H](N[Si](C)(C)C)[C@H]3SC2)CCCC1. The predicted molar refractivity (Wildman–Crippen MR) is 120 cm³/mol. The molecule has 3 rings (SSSR count). The number of carbonyl (C=O) groups is 2. The molecular formula is C19H36N3O3SSi2+. The molecule has 1 amide bonds. The number of rotatable bonds is 6. The minimum Gasteiger partial charge on any atom is -0.515 e. The van der Waals surface area contributed by atoms with Crippen LogP contribution in [-0.2, 0) is 14.0 Å². The Morgan fingerprint density at radius 2 is 1.82 bits per heavy atom. The first-order chi connectivity index (χ1) is 12.8.